The highest BCUT2D eigenvalue weighted by molar-refractivity contribution is 9.10. The lowest BCUT2D eigenvalue weighted by molar-refractivity contribution is -0.0913. The molecule has 3 N–H and O–H groups in total. The number of halogens is 2. The van der Waals surface area contributed by atoms with Crippen LogP contribution in [0.15, 0.2) is 40.9 Å². The van der Waals surface area contributed by atoms with Gasteiger partial charge >= 0.3 is 0 Å². The lowest BCUT2D eigenvalue weighted by atomic mass is 9.73. The van der Waals surface area contributed by atoms with Crippen LogP contribution in [-0.4, -0.2) is 18.7 Å². The highest BCUT2D eigenvalue weighted by Crippen LogP contribution is 2.49. The number of ether oxygens (including phenoxy) is 1. The molecule has 3 aliphatic rings. The molecule has 1 unspecified atom stereocenters. The highest BCUT2D eigenvalue weighted by atomic mass is 79.9. The minimum atomic E-state index is -0.225. The fraction of sp³-hybridized carbons (Fsp3) is 0.474. The van der Waals surface area contributed by atoms with E-state index in [9.17, 15) is 4.39 Å². The first-order valence-electron chi connectivity index (χ1n) is 8.61. The van der Waals surface area contributed by atoms with Crippen molar-refractivity contribution in [3.05, 3.63) is 52.3 Å². The van der Waals surface area contributed by atoms with Crippen molar-refractivity contribution in [3.63, 3.8) is 0 Å². The van der Waals surface area contributed by atoms with E-state index in [1.54, 1.807) is 0 Å². The van der Waals surface area contributed by atoms with Gasteiger partial charge in [-0.25, -0.2) is 4.39 Å². The van der Waals surface area contributed by atoms with Crippen molar-refractivity contribution in [2.24, 2.45) is 17.6 Å². The second kappa shape index (κ2) is 6.62. The van der Waals surface area contributed by atoms with Crippen molar-refractivity contribution in [3.8, 4) is 0 Å². The predicted octanol–water partition coefficient (Wildman–Crippen LogP) is 4.31. The van der Waals surface area contributed by atoms with Gasteiger partial charge < -0.3 is 15.8 Å². The first kappa shape index (κ1) is 16.3. The molecule has 1 saturated heterocycles. The molecule has 0 radical (unpaired) electrons. The number of hydrogen-bond acceptors (Lipinski definition) is 3. The zero-order valence-corrected chi connectivity index (χ0v) is 15.0. The Bertz CT molecular complexity index is 690. The second-order valence-corrected chi connectivity index (χ2v) is 7.81. The minimum absolute atomic E-state index is 0.0571. The first-order valence-corrected chi connectivity index (χ1v) is 9.41. The number of fused-ring (bicyclic) bond motifs is 3. The van der Waals surface area contributed by atoms with Crippen LogP contribution in [0.4, 0.5) is 10.1 Å². The largest absolute Gasteiger partial charge is 0.379 e. The average molecular weight is 393 g/mol. The summed E-state index contributed by atoms with van der Waals surface area (Å²) in [7, 11) is 0. The summed E-state index contributed by atoms with van der Waals surface area (Å²) in [6, 6.07) is 3.68. The third kappa shape index (κ3) is 2.83. The van der Waals surface area contributed by atoms with Crippen LogP contribution in [0, 0.1) is 17.7 Å². The van der Waals surface area contributed by atoms with Crippen LogP contribution < -0.4 is 11.1 Å². The summed E-state index contributed by atoms with van der Waals surface area (Å²) >= 11 is 3.41. The number of hydrogen-bond donors (Lipinski definition) is 2. The van der Waals surface area contributed by atoms with Crippen molar-refractivity contribution in [2.45, 2.75) is 37.5 Å². The lowest BCUT2D eigenvalue weighted by Crippen LogP contribution is -2.48. The van der Waals surface area contributed by atoms with Gasteiger partial charge in [0.15, 0.2) is 0 Å². The van der Waals surface area contributed by atoms with Crippen LogP contribution in [0.1, 0.15) is 30.9 Å². The van der Waals surface area contributed by atoms with Gasteiger partial charge in [-0.15, -0.1) is 0 Å². The van der Waals surface area contributed by atoms with E-state index < -0.39 is 0 Å². The molecule has 0 bridgehead atoms. The molecule has 4 rings (SSSR count). The van der Waals surface area contributed by atoms with E-state index in [0.717, 1.165) is 29.3 Å². The number of nitrogens with two attached hydrogens (primary N) is 1. The van der Waals surface area contributed by atoms with Gasteiger partial charge in [0.2, 0.25) is 0 Å². The highest BCUT2D eigenvalue weighted by Gasteiger charge is 2.44. The SMILES string of the molecule is NC[C@H]1CC[C@@H]2[C@H](O1)c1cc(Br)cc(F)c1N[C@H]2C1C=CC=CC1. The molecule has 0 saturated carbocycles. The van der Waals surface area contributed by atoms with Crippen LogP contribution in [0.25, 0.3) is 0 Å². The lowest BCUT2D eigenvalue weighted by Gasteiger charge is -2.47. The van der Waals surface area contributed by atoms with Gasteiger partial charge in [-0.1, -0.05) is 40.2 Å². The van der Waals surface area contributed by atoms with Crippen molar-refractivity contribution in [2.75, 3.05) is 11.9 Å². The quantitative estimate of drug-likeness (QED) is 0.787. The summed E-state index contributed by atoms with van der Waals surface area (Å²) in [5.74, 6) is 0.462. The van der Waals surface area contributed by atoms with E-state index in [-0.39, 0.29) is 24.1 Å². The van der Waals surface area contributed by atoms with Crippen molar-refractivity contribution < 1.29 is 9.13 Å². The summed E-state index contributed by atoms with van der Waals surface area (Å²) in [5.41, 5.74) is 7.34. The number of rotatable bonds is 2. The molecular weight excluding hydrogens is 371 g/mol. The summed E-state index contributed by atoms with van der Waals surface area (Å²) in [5, 5.41) is 3.50. The topological polar surface area (TPSA) is 47.3 Å². The van der Waals surface area contributed by atoms with E-state index in [1.807, 2.05) is 6.07 Å². The number of nitrogens with one attached hydrogen (secondary N) is 1. The zero-order chi connectivity index (χ0) is 16.7. The Morgan fingerprint density at radius 1 is 1.29 bits per heavy atom. The molecule has 0 aromatic heterocycles. The average Bonchev–Trinajstić information content (AvgIpc) is 2.61. The molecule has 2 aliphatic heterocycles. The van der Waals surface area contributed by atoms with Crippen LogP contribution in [-0.2, 0) is 4.74 Å². The summed E-state index contributed by atoms with van der Waals surface area (Å²) in [6.45, 7) is 0.513. The molecule has 24 heavy (non-hydrogen) atoms. The standard InChI is InChI=1S/C19H22BrFN2O/c20-12-8-15-18(16(21)9-12)23-17(11-4-2-1-3-5-11)14-7-6-13(10-22)24-19(14)15/h1-4,8-9,11,13-14,17,19,23H,5-7,10,22H2/t11?,13-,14+,17+,19+/m1/s1. The predicted molar refractivity (Wildman–Crippen MR) is 97.3 cm³/mol. The molecule has 0 amide bonds. The van der Waals surface area contributed by atoms with E-state index >= 15 is 0 Å². The number of allylic oxidation sites excluding steroid dienone is 3. The molecule has 1 aromatic rings. The number of benzene rings is 1. The third-order valence-corrected chi connectivity index (χ3v) is 5.91. The van der Waals surface area contributed by atoms with Crippen LogP contribution >= 0.6 is 15.9 Å². The summed E-state index contributed by atoms with van der Waals surface area (Å²) in [4.78, 5) is 0. The van der Waals surface area contributed by atoms with Crippen LogP contribution in [0.5, 0.6) is 0 Å². The van der Waals surface area contributed by atoms with E-state index in [4.69, 9.17) is 10.5 Å². The maximum Gasteiger partial charge on any atom is 0.147 e. The fourth-order valence-electron chi connectivity index (χ4n) is 4.29. The summed E-state index contributed by atoms with van der Waals surface area (Å²) < 4.78 is 21.7. The molecule has 0 spiro atoms. The monoisotopic (exact) mass is 392 g/mol. The second-order valence-electron chi connectivity index (χ2n) is 6.89. The molecule has 3 nitrogen and oxygen atoms in total. The molecule has 2 heterocycles. The van der Waals surface area contributed by atoms with E-state index in [1.165, 1.54) is 6.07 Å². The Hall–Kier alpha value is -1.17. The van der Waals surface area contributed by atoms with Gasteiger partial charge in [0.05, 0.1) is 17.9 Å². The number of anilines is 1. The van der Waals surface area contributed by atoms with Gasteiger partial charge in [-0.05, 0) is 31.4 Å². The van der Waals surface area contributed by atoms with Gasteiger partial charge in [0.1, 0.15) is 5.82 Å². The Balaban J connectivity index is 1.74. The Morgan fingerprint density at radius 2 is 2.17 bits per heavy atom. The maximum atomic E-state index is 14.6. The van der Waals surface area contributed by atoms with E-state index in [0.29, 0.717) is 24.1 Å². The third-order valence-electron chi connectivity index (χ3n) is 5.45. The van der Waals surface area contributed by atoms with Crippen molar-refractivity contribution in [1.82, 2.24) is 0 Å². The molecule has 1 aliphatic carbocycles. The van der Waals surface area contributed by atoms with Gasteiger partial charge in [-0.3, -0.25) is 0 Å². The fourth-order valence-corrected chi connectivity index (χ4v) is 4.73. The van der Waals surface area contributed by atoms with Crippen molar-refractivity contribution >= 4 is 21.6 Å². The van der Waals surface area contributed by atoms with Crippen LogP contribution in [0.2, 0.25) is 0 Å². The molecule has 5 atom stereocenters. The first-order chi connectivity index (χ1) is 11.7. The van der Waals surface area contributed by atoms with Gasteiger partial charge in [0, 0.05) is 34.5 Å². The zero-order valence-electron chi connectivity index (χ0n) is 13.4. The van der Waals surface area contributed by atoms with Crippen molar-refractivity contribution in [1.29, 1.82) is 0 Å². The molecule has 5 heteroatoms. The Morgan fingerprint density at radius 3 is 2.92 bits per heavy atom. The molecular formula is C19H22BrFN2O. The van der Waals surface area contributed by atoms with Crippen LogP contribution in [0.3, 0.4) is 0 Å². The Labute approximate surface area is 150 Å². The Kier molecular flexibility index (Phi) is 4.50. The molecule has 128 valence electrons. The van der Waals surface area contributed by atoms with Gasteiger partial charge in [0.25, 0.3) is 0 Å². The molecule has 1 aromatic carbocycles. The maximum absolute atomic E-state index is 14.6. The minimum Gasteiger partial charge on any atom is -0.379 e. The normalized spacial score (nSPS) is 34.4. The van der Waals surface area contributed by atoms with E-state index in [2.05, 4.69) is 45.6 Å². The molecule has 1 fully saturated rings. The summed E-state index contributed by atoms with van der Waals surface area (Å²) in [6.07, 6.45) is 11.5. The van der Waals surface area contributed by atoms with Gasteiger partial charge in [-0.2, -0.15) is 0 Å². The smallest absolute Gasteiger partial charge is 0.147 e.